The highest BCUT2D eigenvalue weighted by Crippen LogP contribution is 2.23. The van der Waals surface area contributed by atoms with Crippen molar-refractivity contribution in [2.24, 2.45) is 0 Å². The monoisotopic (exact) mass is 250 g/mol. The number of aromatic hydroxyl groups is 1. The molecule has 0 unspecified atom stereocenters. The molecule has 0 saturated carbocycles. The molecule has 1 heterocycles. The largest absolute Gasteiger partial charge is 0.507 e. The van der Waals surface area contributed by atoms with Crippen molar-refractivity contribution >= 4 is 5.91 Å². The summed E-state index contributed by atoms with van der Waals surface area (Å²) in [6.45, 7) is 1.78. The molecule has 1 amide bonds. The van der Waals surface area contributed by atoms with Crippen molar-refractivity contribution in [1.82, 2.24) is 10.6 Å². The van der Waals surface area contributed by atoms with Crippen LogP contribution in [0.3, 0.4) is 0 Å². The predicted molar refractivity (Wildman–Crippen MR) is 68.0 cm³/mol. The van der Waals surface area contributed by atoms with E-state index in [-0.39, 0.29) is 23.3 Å². The van der Waals surface area contributed by atoms with E-state index in [2.05, 4.69) is 10.6 Å². The van der Waals surface area contributed by atoms with Gasteiger partial charge in [0.25, 0.3) is 5.91 Å². The van der Waals surface area contributed by atoms with Crippen molar-refractivity contribution in [3.05, 3.63) is 23.8 Å². The second-order valence-corrected chi connectivity index (χ2v) is 4.40. The van der Waals surface area contributed by atoms with Crippen LogP contribution in [0.1, 0.15) is 23.2 Å². The van der Waals surface area contributed by atoms with E-state index in [0.717, 1.165) is 25.9 Å². The Morgan fingerprint density at radius 2 is 2.39 bits per heavy atom. The minimum atomic E-state index is -0.246. The Bertz CT molecular complexity index is 428. The molecule has 5 nitrogen and oxygen atoms in total. The van der Waals surface area contributed by atoms with Gasteiger partial charge in [-0.2, -0.15) is 0 Å². The number of phenolic OH excluding ortho intramolecular Hbond substituents is 1. The summed E-state index contributed by atoms with van der Waals surface area (Å²) in [5.74, 6) is 0.225. The van der Waals surface area contributed by atoms with E-state index in [1.54, 1.807) is 12.1 Å². The fourth-order valence-corrected chi connectivity index (χ4v) is 2.07. The first kappa shape index (κ1) is 12.7. The Kier molecular flexibility index (Phi) is 4.04. The Hall–Kier alpha value is -1.75. The summed E-state index contributed by atoms with van der Waals surface area (Å²) >= 11 is 0. The number of carbonyl (C=O) groups is 1. The summed E-state index contributed by atoms with van der Waals surface area (Å²) in [7, 11) is 1.52. The maximum Gasteiger partial charge on any atom is 0.255 e. The molecule has 1 aromatic rings. The molecular formula is C13H18N2O3. The molecule has 0 spiro atoms. The molecule has 5 heteroatoms. The minimum absolute atomic E-state index is 0.0596. The lowest BCUT2D eigenvalue weighted by Gasteiger charge is -2.23. The molecular weight excluding hydrogens is 232 g/mol. The fourth-order valence-electron chi connectivity index (χ4n) is 2.07. The first-order chi connectivity index (χ1) is 8.70. The molecule has 98 valence electrons. The van der Waals surface area contributed by atoms with Crippen molar-refractivity contribution in [1.29, 1.82) is 0 Å². The van der Waals surface area contributed by atoms with E-state index in [0.29, 0.717) is 5.75 Å². The number of methoxy groups -OCH3 is 1. The molecule has 1 aliphatic heterocycles. The number of hydrogen-bond donors (Lipinski definition) is 3. The van der Waals surface area contributed by atoms with E-state index >= 15 is 0 Å². The quantitative estimate of drug-likeness (QED) is 0.745. The van der Waals surface area contributed by atoms with Crippen LogP contribution in [0.4, 0.5) is 0 Å². The average Bonchev–Trinajstić information content (AvgIpc) is 2.39. The predicted octanol–water partition coefficient (Wildman–Crippen LogP) is 0.883. The van der Waals surface area contributed by atoms with Crippen LogP contribution in [0.25, 0.3) is 0 Å². The molecule has 0 aromatic heterocycles. The maximum atomic E-state index is 12.0. The number of phenols is 1. The van der Waals surface area contributed by atoms with Crippen LogP contribution < -0.4 is 15.4 Å². The average molecular weight is 250 g/mol. The van der Waals surface area contributed by atoms with E-state index in [4.69, 9.17) is 4.74 Å². The Morgan fingerprint density at radius 3 is 3.00 bits per heavy atom. The highest BCUT2D eigenvalue weighted by atomic mass is 16.5. The van der Waals surface area contributed by atoms with Gasteiger partial charge in [0.05, 0.1) is 12.7 Å². The highest BCUT2D eigenvalue weighted by Gasteiger charge is 2.18. The molecule has 18 heavy (non-hydrogen) atoms. The number of benzene rings is 1. The van der Waals surface area contributed by atoms with Gasteiger partial charge in [0, 0.05) is 18.7 Å². The number of ether oxygens (including phenoxy) is 1. The van der Waals surface area contributed by atoms with Gasteiger partial charge in [-0.1, -0.05) is 0 Å². The molecule has 1 saturated heterocycles. The van der Waals surface area contributed by atoms with E-state index < -0.39 is 0 Å². The smallest absolute Gasteiger partial charge is 0.255 e. The van der Waals surface area contributed by atoms with Crippen LogP contribution in [0, 0.1) is 0 Å². The van der Waals surface area contributed by atoms with Crippen molar-refractivity contribution in [3.8, 4) is 11.5 Å². The molecule has 2 rings (SSSR count). The summed E-state index contributed by atoms with van der Waals surface area (Å²) in [4.78, 5) is 12.0. The zero-order chi connectivity index (χ0) is 13.0. The van der Waals surface area contributed by atoms with Crippen LogP contribution in [0.5, 0.6) is 11.5 Å². The third kappa shape index (κ3) is 2.92. The minimum Gasteiger partial charge on any atom is -0.507 e. The molecule has 1 atom stereocenters. The van der Waals surface area contributed by atoms with Crippen LogP contribution in [0.15, 0.2) is 18.2 Å². The lowest BCUT2D eigenvalue weighted by atomic mass is 10.1. The van der Waals surface area contributed by atoms with Gasteiger partial charge in [0.1, 0.15) is 11.5 Å². The number of carbonyl (C=O) groups excluding carboxylic acids is 1. The van der Waals surface area contributed by atoms with Crippen molar-refractivity contribution in [3.63, 3.8) is 0 Å². The van der Waals surface area contributed by atoms with Gasteiger partial charge in [0.2, 0.25) is 0 Å². The molecule has 1 aromatic carbocycles. The maximum absolute atomic E-state index is 12.0. The molecule has 1 aliphatic rings. The zero-order valence-corrected chi connectivity index (χ0v) is 10.4. The van der Waals surface area contributed by atoms with Crippen LogP contribution >= 0.6 is 0 Å². The number of amides is 1. The van der Waals surface area contributed by atoms with Crippen LogP contribution in [0.2, 0.25) is 0 Å². The van der Waals surface area contributed by atoms with Gasteiger partial charge in [-0.05, 0) is 31.5 Å². The first-order valence-electron chi connectivity index (χ1n) is 6.09. The molecule has 0 bridgehead atoms. The summed E-state index contributed by atoms with van der Waals surface area (Å²) < 4.78 is 4.98. The fraction of sp³-hybridized carbons (Fsp3) is 0.462. The summed E-state index contributed by atoms with van der Waals surface area (Å²) in [5, 5.41) is 15.9. The number of piperidine rings is 1. The standard InChI is InChI=1S/C13H18N2O3/c1-18-10-4-5-11(12(16)7-10)13(17)15-9-3-2-6-14-8-9/h4-5,7,9,14,16H,2-3,6,8H2,1H3,(H,15,17)/t9-/m1/s1. The van der Waals surface area contributed by atoms with Crippen LogP contribution in [-0.2, 0) is 0 Å². The van der Waals surface area contributed by atoms with E-state index in [1.807, 2.05) is 0 Å². The number of hydrogen-bond acceptors (Lipinski definition) is 4. The summed E-state index contributed by atoms with van der Waals surface area (Å²) in [6, 6.07) is 4.80. The van der Waals surface area contributed by atoms with E-state index in [1.165, 1.54) is 13.2 Å². The summed E-state index contributed by atoms with van der Waals surface area (Å²) in [5.41, 5.74) is 0.279. The van der Waals surface area contributed by atoms with Gasteiger partial charge in [-0.15, -0.1) is 0 Å². The van der Waals surface area contributed by atoms with E-state index in [9.17, 15) is 9.90 Å². The van der Waals surface area contributed by atoms with Gasteiger partial charge < -0.3 is 20.5 Å². The van der Waals surface area contributed by atoms with Gasteiger partial charge in [0.15, 0.2) is 0 Å². The molecule has 3 N–H and O–H groups in total. The molecule has 0 aliphatic carbocycles. The van der Waals surface area contributed by atoms with Crippen LogP contribution in [-0.4, -0.2) is 37.3 Å². The lowest BCUT2D eigenvalue weighted by Crippen LogP contribution is -2.45. The molecule has 1 fully saturated rings. The highest BCUT2D eigenvalue weighted by molar-refractivity contribution is 5.97. The van der Waals surface area contributed by atoms with Gasteiger partial charge in [-0.25, -0.2) is 0 Å². The third-order valence-corrected chi connectivity index (χ3v) is 3.08. The second-order valence-electron chi connectivity index (χ2n) is 4.40. The van der Waals surface area contributed by atoms with Crippen molar-refractivity contribution < 1.29 is 14.6 Å². The zero-order valence-electron chi connectivity index (χ0n) is 10.4. The van der Waals surface area contributed by atoms with Gasteiger partial charge >= 0.3 is 0 Å². The Labute approximate surface area is 106 Å². The number of nitrogens with one attached hydrogen (secondary N) is 2. The lowest BCUT2D eigenvalue weighted by molar-refractivity contribution is 0.0928. The molecule has 0 radical (unpaired) electrons. The topological polar surface area (TPSA) is 70.6 Å². The first-order valence-corrected chi connectivity index (χ1v) is 6.09. The Morgan fingerprint density at radius 1 is 1.56 bits per heavy atom. The Balaban J connectivity index is 2.03. The normalized spacial score (nSPS) is 19.3. The summed E-state index contributed by atoms with van der Waals surface area (Å²) in [6.07, 6.45) is 2.02. The van der Waals surface area contributed by atoms with Gasteiger partial charge in [-0.3, -0.25) is 4.79 Å². The van der Waals surface area contributed by atoms with Crippen molar-refractivity contribution in [2.75, 3.05) is 20.2 Å². The second kappa shape index (κ2) is 5.73. The number of rotatable bonds is 3. The SMILES string of the molecule is COc1ccc(C(=O)N[C@@H]2CCCNC2)c(O)c1. The third-order valence-electron chi connectivity index (χ3n) is 3.08. The van der Waals surface area contributed by atoms with Crippen molar-refractivity contribution in [2.45, 2.75) is 18.9 Å².